The Morgan fingerprint density at radius 3 is 2.32 bits per heavy atom. The molecule has 0 bridgehead atoms. The van der Waals surface area contributed by atoms with Gasteiger partial charge in [-0.3, -0.25) is 4.79 Å². The Morgan fingerprint density at radius 2 is 1.74 bits per heavy atom. The average Bonchev–Trinajstić information content (AvgIpc) is 2.82. The number of carbonyl (C=O) groups is 1. The van der Waals surface area contributed by atoms with E-state index in [1.54, 1.807) is 48.5 Å². The molecular weight excluding hydrogens is 473 g/mol. The smallest absolute Gasteiger partial charge is 0.266 e. The van der Waals surface area contributed by atoms with Crippen LogP contribution in [0.3, 0.4) is 0 Å². The van der Waals surface area contributed by atoms with Crippen LogP contribution in [0.25, 0.3) is 6.08 Å². The van der Waals surface area contributed by atoms with Crippen molar-refractivity contribution in [2.45, 2.75) is 6.61 Å². The monoisotopic (exact) mass is 495 g/mol. The number of halogens is 2. The van der Waals surface area contributed by atoms with Crippen LogP contribution in [0, 0.1) is 11.3 Å². The van der Waals surface area contributed by atoms with Crippen molar-refractivity contribution in [3.8, 4) is 17.6 Å². The van der Waals surface area contributed by atoms with E-state index in [-0.39, 0.29) is 12.2 Å². The highest BCUT2D eigenvalue weighted by Gasteiger charge is 2.13. The fourth-order valence-electron chi connectivity index (χ4n) is 3.07. The molecule has 1 amide bonds. The van der Waals surface area contributed by atoms with E-state index in [1.807, 2.05) is 37.2 Å². The maximum Gasteiger partial charge on any atom is 0.266 e. The van der Waals surface area contributed by atoms with Crippen molar-refractivity contribution in [1.82, 2.24) is 0 Å². The summed E-state index contributed by atoms with van der Waals surface area (Å²) in [6, 6.07) is 19.6. The summed E-state index contributed by atoms with van der Waals surface area (Å²) in [7, 11) is 5.37. The summed E-state index contributed by atoms with van der Waals surface area (Å²) in [4.78, 5) is 14.6. The SMILES string of the molecule is COc1cc(/C=C(/C#N)C(=O)Nc2ccc(N(C)C)cc2)ccc1OCc1c(Cl)cccc1Cl. The van der Waals surface area contributed by atoms with E-state index in [0.717, 1.165) is 5.69 Å². The van der Waals surface area contributed by atoms with Gasteiger partial charge in [0.05, 0.1) is 7.11 Å². The Kier molecular flexibility index (Phi) is 8.42. The van der Waals surface area contributed by atoms with Crippen LogP contribution in [0.4, 0.5) is 11.4 Å². The van der Waals surface area contributed by atoms with E-state index >= 15 is 0 Å². The lowest BCUT2D eigenvalue weighted by Gasteiger charge is -2.13. The number of nitrogens with zero attached hydrogens (tertiary/aromatic N) is 2. The molecule has 0 aliphatic rings. The first-order valence-electron chi connectivity index (χ1n) is 10.3. The number of carbonyl (C=O) groups excluding carboxylic acids is 1. The number of amides is 1. The van der Waals surface area contributed by atoms with Crippen LogP contribution < -0.4 is 19.7 Å². The number of nitriles is 1. The number of anilines is 2. The molecule has 0 saturated carbocycles. The van der Waals surface area contributed by atoms with Crippen molar-refractivity contribution in [2.24, 2.45) is 0 Å². The maximum atomic E-state index is 12.6. The van der Waals surface area contributed by atoms with E-state index in [2.05, 4.69) is 5.32 Å². The second-order valence-electron chi connectivity index (χ2n) is 7.46. The second kappa shape index (κ2) is 11.5. The van der Waals surface area contributed by atoms with Crippen LogP contribution >= 0.6 is 23.2 Å². The van der Waals surface area contributed by atoms with Gasteiger partial charge in [0.1, 0.15) is 18.2 Å². The average molecular weight is 496 g/mol. The van der Waals surface area contributed by atoms with Gasteiger partial charge in [0, 0.05) is 41.1 Å². The van der Waals surface area contributed by atoms with E-state index in [0.29, 0.717) is 38.4 Å². The van der Waals surface area contributed by atoms with Crippen molar-refractivity contribution < 1.29 is 14.3 Å². The molecular formula is C26H23Cl2N3O3. The summed E-state index contributed by atoms with van der Waals surface area (Å²) in [5.74, 6) is 0.404. The summed E-state index contributed by atoms with van der Waals surface area (Å²) < 4.78 is 11.3. The molecule has 0 radical (unpaired) electrons. The highest BCUT2D eigenvalue weighted by molar-refractivity contribution is 6.35. The molecule has 0 unspecified atom stereocenters. The predicted molar refractivity (Wildman–Crippen MR) is 137 cm³/mol. The number of methoxy groups -OCH3 is 1. The summed E-state index contributed by atoms with van der Waals surface area (Å²) in [5, 5.41) is 13.3. The van der Waals surface area contributed by atoms with E-state index in [1.165, 1.54) is 13.2 Å². The zero-order valence-electron chi connectivity index (χ0n) is 18.9. The minimum atomic E-state index is -0.507. The molecule has 0 heterocycles. The largest absolute Gasteiger partial charge is 0.493 e. The lowest BCUT2D eigenvalue weighted by atomic mass is 10.1. The molecule has 8 heteroatoms. The lowest BCUT2D eigenvalue weighted by Crippen LogP contribution is -2.14. The van der Waals surface area contributed by atoms with Crippen LogP contribution in [-0.4, -0.2) is 27.1 Å². The molecule has 6 nitrogen and oxygen atoms in total. The molecule has 0 aromatic heterocycles. The summed E-state index contributed by atoms with van der Waals surface area (Å²) in [6.45, 7) is 0.155. The number of benzene rings is 3. The summed E-state index contributed by atoms with van der Waals surface area (Å²) in [5.41, 5.74) is 2.82. The van der Waals surface area contributed by atoms with Crippen LogP contribution in [0.1, 0.15) is 11.1 Å². The number of hydrogen-bond acceptors (Lipinski definition) is 5. The number of rotatable bonds is 8. The molecule has 0 fully saturated rings. The molecule has 0 aliphatic carbocycles. The predicted octanol–water partition coefficient (Wildman–Crippen LogP) is 6.19. The Morgan fingerprint density at radius 1 is 1.06 bits per heavy atom. The second-order valence-corrected chi connectivity index (χ2v) is 8.28. The van der Waals surface area contributed by atoms with Crippen molar-refractivity contribution >= 4 is 46.6 Å². The van der Waals surface area contributed by atoms with Gasteiger partial charge in [0.15, 0.2) is 11.5 Å². The molecule has 3 aromatic carbocycles. The molecule has 0 saturated heterocycles. The third-order valence-electron chi connectivity index (χ3n) is 4.94. The molecule has 3 aromatic rings. The third kappa shape index (κ3) is 6.22. The van der Waals surface area contributed by atoms with Crippen molar-refractivity contribution in [3.63, 3.8) is 0 Å². The summed E-state index contributed by atoms with van der Waals surface area (Å²) in [6.07, 6.45) is 1.49. The molecule has 34 heavy (non-hydrogen) atoms. The molecule has 0 spiro atoms. The van der Waals surface area contributed by atoms with Gasteiger partial charge in [-0.2, -0.15) is 5.26 Å². The fraction of sp³-hybridized carbons (Fsp3) is 0.154. The standard InChI is InChI=1S/C26H23Cl2N3O3/c1-31(2)20-10-8-19(9-11-20)30-26(32)18(15-29)13-17-7-12-24(25(14-17)33-3)34-16-21-22(27)5-4-6-23(21)28/h4-14H,16H2,1-3H3,(H,30,32)/b18-13-. The Bertz CT molecular complexity index is 1230. The third-order valence-corrected chi connectivity index (χ3v) is 5.65. The van der Waals surface area contributed by atoms with E-state index < -0.39 is 5.91 Å². The first kappa shape index (κ1) is 25.0. The topological polar surface area (TPSA) is 74.6 Å². The van der Waals surface area contributed by atoms with Crippen LogP contribution in [0.2, 0.25) is 10.0 Å². The van der Waals surface area contributed by atoms with Crippen molar-refractivity contribution in [3.05, 3.63) is 87.4 Å². The van der Waals surface area contributed by atoms with E-state index in [4.69, 9.17) is 32.7 Å². The Balaban J connectivity index is 1.75. The molecule has 0 atom stereocenters. The maximum absolute atomic E-state index is 12.6. The van der Waals surface area contributed by atoms with Gasteiger partial charge >= 0.3 is 0 Å². The van der Waals surface area contributed by atoms with Crippen LogP contribution in [0.15, 0.2) is 66.2 Å². The fourth-order valence-corrected chi connectivity index (χ4v) is 3.58. The van der Waals surface area contributed by atoms with Crippen LogP contribution in [0.5, 0.6) is 11.5 Å². The van der Waals surface area contributed by atoms with Gasteiger partial charge in [-0.05, 0) is 60.2 Å². The van der Waals surface area contributed by atoms with Gasteiger partial charge < -0.3 is 19.7 Å². The zero-order chi connectivity index (χ0) is 24.7. The number of hydrogen-bond donors (Lipinski definition) is 1. The Labute approximate surface area is 208 Å². The molecule has 1 N–H and O–H groups in total. The van der Waals surface area contributed by atoms with Gasteiger partial charge in [0.25, 0.3) is 5.91 Å². The zero-order valence-corrected chi connectivity index (χ0v) is 20.4. The normalized spacial score (nSPS) is 10.9. The highest BCUT2D eigenvalue weighted by atomic mass is 35.5. The Hall–Kier alpha value is -3.66. The lowest BCUT2D eigenvalue weighted by molar-refractivity contribution is -0.112. The van der Waals surface area contributed by atoms with Crippen molar-refractivity contribution in [1.29, 1.82) is 5.26 Å². The highest BCUT2D eigenvalue weighted by Crippen LogP contribution is 2.32. The van der Waals surface area contributed by atoms with Gasteiger partial charge in [-0.15, -0.1) is 0 Å². The molecule has 174 valence electrons. The van der Waals surface area contributed by atoms with Gasteiger partial charge in [-0.25, -0.2) is 0 Å². The quantitative estimate of drug-likeness (QED) is 0.297. The van der Waals surface area contributed by atoms with Crippen molar-refractivity contribution in [2.75, 3.05) is 31.4 Å². The minimum absolute atomic E-state index is 0.0461. The summed E-state index contributed by atoms with van der Waals surface area (Å²) >= 11 is 12.4. The molecule has 3 rings (SSSR count). The first-order valence-corrected chi connectivity index (χ1v) is 11.0. The van der Waals surface area contributed by atoms with Crippen LogP contribution in [-0.2, 0) is 11.4 Å². The minimum Gasteiger partial charge on any atom is -0.493 e. The number of nitrogens with one attached hydrogen (secondary N) is 1. The van der Waals surface area contributed by atoms with E-state index in [9.17, 15) is 10.1 Å². The van der Waals surface area contributed by atoms with Gasteiger partial charge in [0.2, 0.25) is 0 Å². The number of ether oxygens (including phenoxy) is 2. The van der Waals surface area contributed by atoms with Gasteiger partial charge in [-0.1, -0.05) is 35.3 Å². The first-order chi connectivity index (χ1) is 16.3. The molecule has 0 aliphatic heterocycles.